The van der Waals surface area contributed by atoms with Gasteiger partial charge in [-0.1, -0.05) is 78.6 Å². The van der Waals surface area contributed by atoms with E-state index in [1.165, 1.54) is 3.57 Å². The Balaban J connectivity index is 1.39. The minimum Gasteiger partial charge on any atom is -0.243 e. The topological polar surface area (TPSA) is 68.1 Å². The Morgan fingerprint density at radius 2 is 1.38 bits per heavy atom. The average Bonchev–Trinajstić information content (AvgIpc) is 3.18. The second-order valence-corrected chi connectivity index (χ2v) is 13.2. The number of halogens is 1. The van der Waals surface area contributed by atoms with E-state index in [9.17, 15) is 8.42 Å². The third-order valence-electron chi connectivity index (χ3n) is 7.69. The number of nitrogens with zero attached hydrogens (tertiary/aromatic N) is 4. The lowest BCUT2D eigenvalue weighted by molar-refractivity contribution is 0.166. The maximum Gasteiger partial charge on any atom is 0.243 e. The lowest BCUT2D eigenvalue weighted by Gasteiger charge is -2.40. The Labute approximate surface area is 231 Å². The van der Waals surface area contributed by atoms with Gasteiger partial charge in [-0.25, -0.2) is 13.1 Å². The summed E-state index contributed by atoms with van der Waals surface area (Å²) >= 11 is 2.31. The summed E-state index contributed by atoms with van der Waals surface area (Å²) in [6.45, 7) is 2.25. The molecule has 0 spiro atoms. The van der Waals surface area contributed by atoms with Gasteiger partial charge in [-0.15, -0.1) is 5.10 Å². The van der Waals surface area contributed by atoms with Crippen LogP contribution in [0.1, 0.15) is 49.4 Å². The molecule has 0 bridgehead atoms. The van der Waals surface area contributed by atoms with Crippen LogP contribution in [0.15, 0.2) is 77.7 Å². The molecule has 6 rings (SSSR count). The van der Waals surface area contributed by atoms with Crippen LogP contribution >= 0.6 is 22.6 Å². The van der Waals surface area contributed by atoms with Crippen molar-refractivity contribution in [2.24, 2.45) is 0 Å². The second-order valence-electron chi connectivity index (χ2n) is 10.0. The van der Waals surface area contributed by atoms with Crippen molar-refractivity contribution in [3.8, 4) is 22.4 Å². The molecular weight excluding hydrogens is 595 g/mol. The number of hydrogen-bond acceptors (Lipinski definition) is 4. The van der Waals surface area contributed by atoms with E-state index < -0.39 is 10.0 Å². The first-order valence-electron chi connectivity index (χ1n) is 12.8. The first-order valence-corrected chi connectivity index (χ1v) is 15.3. The van der Waals surface area contributed by atoms with Gasteiger partial charge in [0.2, 0.25) is 10.0 Å². The van der Waals surface area contributed by atoms with Gasteiger partial charge in [0.15, 0.2) is 0 Å². The second kappa shape index (κ2) is 9.96. The van der Waals surface area contributed by atoms with Gasteiger partial charge >= 0.3 is 0 Å². The summed E-state index contributed by atoms with van der Waals surface area (Å²) in [5.41, 5.74) is 5.93. The Kier molecular flexibility index (Phi) is 6.66. The lowest BCUT2D eigenvalue weighted by atomic mass is 9.98. The number of sulfonamides is 1. The van der Waals surface area contributed by atoms with E-state index in [-0.39, 0.29) is 18.6 Å². The largest absolute Gasteiger partial charge is 0.243 e. The van der Waals surface area contributed by atoms with Crippen LogP contribution in [-0.4, -0.2) is 33.8 Å². The highest BCUT2D eigenvalue weighted by molar-refractivity contribution is 14.1. The molecule has 0 radical (unpaired) electrons. The summed E-state index contributed by atoms with van der Waals surface area (Å²) in [5.74, 6) is 0. The molecule has 8 heteroatoms. The van der Waals surface area contributed by atoms with E-state index in [2.05, 4.69) is 81.4 Å². The summed E-state index contributed by atoms with van der Waals surface area (Å²) < 4.78 is 32.9. The van der Waals surface area contributed by atoms with E-state index >= 15 is 0 Å². The van der Waals surface area contributed by atoms with Gasteiger partial charge in [0.1, 0.15) is 5.69 Å². The van der Waals surface area contributed by atoms with E-state index in [1.54, 1.807) is 16.4 Å². The lowest BCUT2D eigenvalue weighted by Crippen LogP contribution is -2.49. The van der Waals surface area contributed by atoms with Crippen LogP contribution in [0.3, 0.4) is 0 Å². The van der Waals surface area contributed by atoms with Crippen molar-refractivity contribution in [2.75, 3.05) is 0 Å². The van der Waals surface area contributed by atoms with Gasteiger partial charge in [-0.05, 0) is 77.7 Å². The molecule has 4 aromatic rings. The molecule has 37 heavy (non-hydrogen) atoms. The van der Waals surface area contributed by atoms with Crippen LogP contribution in [-0.2, 0) is 16.6 Å². The maximum atomic E-state index is 13.9. The number of aromatic nitrogens is 3. The molecule has 0 N–H and O–H groups in total. The van der Waals surface area contributed by atoms with Crippen molar-refractivity contribution in [1.29, 1.82) is 0 Å². The van der Waals surface area contributed by atoms with Crippen molar-refractivity contribution in [1.82, 2.24) is 19.3 Å². The third-order valence-corrected chi connectivity index (χ3v) is 10.3. The van der Waals surface area contributed by atoms with Crippen molar-refractivity contribution in [3.63, 3.8) is 0 Å². The predicted molar refractivity (Wildman–Crippen MR) is 153 cm³/mol. The molecule has 0 amide bonds. The van der Waals surface area contributed by atoms with E-state index in [0.29, 0.717) is 4.90 Å². The molecule has 1 saturated carbocycles. The molecule has 2 heterocycles. The van der Waals surface area contributed by atoms with E-state index in [0.717, 1.165) is 65.7 Å². The summed E-state index contributed by atoms with van der Waals surface area (Å²) in [4.78, 5) is 0.352. The van der Waals surface area contributed by atoms with Crippen molar-refractivity contribution >= 4 is 32.6 Å². The molecule has 190 valence electrons. The van der Waals surface area contributed by atoms with Crippen LogP contribution in [0.5, 0.6) is 0 Å². The Morgan fingerprint density at radius 1 is 0.784 bits per heavy atom. The molecule has 3 aromatic carbocycles. The zero-order valence-electron chi connectivity index (χ0n) is 20.7. The monoisotopic (exact) mass is 624 g/mol. The van der Waals surface area contributed by atoms with Crippen LogP contribution in [0.25, 0.3) is 22.4 Å². The molecule has 0 saturated heterocycles. The first kappa shape index (κ1) is 24.8. The molecular formula is C29H29IN4O2S. The minimum absolute atomic E-state index is 0.00112. The molecule has 6 nitrogen and oxygen atoms in total. The smallest absolute Gasteiger partial charge is 0.243 e. The fourth-order valence-corrected chi connectivity index (χ4v) is 7.68. The molecule has 1 aliphatic heterocycles. The van der Waals surface area contributed by atoms with Crippen molar-refractivity contribution in [2.45, 2.75) is 62.6 Å². The summed E-state index contributed by atoms with van der Waals surface area (Å²) in [5, 5.41) is 9.19. The summed E-state index contributed by atoms with van der Waals surface area (Å²) in [6.07, 6.45) is 4.96. The molecule has 2 aliphatic rings. The quantitative estimate of drug-likeness (QED) is 0.240. The van der Waals surface area contributed by atoms with Crippen molar-refractivity contribution in [3.05, 3.63) is 87.6 Å². The first-order chi connectivity index (χ1) is 17.9. The van der Waals surface area contributed by atoms with E-state index in [4.69, 9.17) is 0 Å². The number of fused-ring (bicyclic) bond motifs is 3. The van der Waals surface area contributed by atoms with Gasteiger partial charge in [0.25, 0.3) is 0 Å². The van der Waals surface area contributed by atoms with Crippen molar-refractivity contribution < 1.29 is 8.42 Å². The van der Waals surface area contributed by atoms with Gasteiger partial charge in [0, 0.05) is 15.2 Å². The summed E-state index contributed by atoms with van der Waals surface area (Å²) in [7, 11) is -3.67. The highest BCUT2D eigenvalue weighted by Gasteiger charge is 2.43. The molecule has 1 fully saturated rings. The third kappa shape index (κ3) is 4.64. The zero-order valence-corrected chi connectivity index (χ0v) is 23.7. The minimum atomic E-state index is -3.67. The predicted octanol–water partition coefficient (Wildman–Crippen LogP) is 6.60. The number of aryl methyl sites for hydroxylation is 1. The molecule has 2 atom stereocenters. The normalized spacial score (nSPS) is 20.2. The van der Waals surface area contributed by atoms with Gasteiger partial charge < -0.3 is 0 Å². The Morgan fingerprint density at radius 3 is 2.05 bits per heavy atom. The van der Waals surface area contributed by atoms with Crippen LogP contribution in [0, 0.1) is 10.5 Å². The van der Waals surface area contributed by atoms with Gasteiger partial charge in [-0.3, -0.25) is 0 Å². The fraction of sp³-hybridized carbons (Fsp3) is 0.310. The standard InChI is InChI=1S/C29H29IN4O2S/c1-20-7-17-25(18-8-20)37(35,36)33-19-28-29(31-32-34(28)27-6-4-2-3-5-26(27)33)23-11-9-21(10-12-23)22-13-15-24(30)16-14-22/h7-18,26-27H,2-6,19H2,1H3/t26-,27-/m0/s1. The SMILES string of the molecule is Cc1ccc(S(=O)(=O)N2Cc3c(-c4ccc(-c5ccc(I)cc5)cc4)nnn3[C@H]3CCCCC[C@@H]32)cc1. The van der Waals surface area contributed by atoms with Crippen LogP contribution in [0.2, 0.25) is 0 Å². The fourth-order valence-electron chi connectivity index (χ4n) is 5.68. The molecule has 1 aliphatic carbocycles. The maximum absolute atomic E-state index is 13.9. The molecule has 0 unspecified atom stereocenters. The van der Waals surface area contributed by atoms with E-state index in [1.807, 2.05) is 23.7 Å². The van der Waals surface area contributed by atoms with Crippen LogP contribution in [0.4, 0.5) is 0 Å². The van der Waals surface area contributed by atoms with Crippen LogP contribution < -0.4 is 0 Å². The summed E-state index contributed by atoms with van der Waals surface area (Å²) in [6, 6.07) is 23.9. The Bertz CT molecular complexity index is 1510. The highest BCUT2D eigenvalue weighted by atomic mass is 127. The zero-order chi connectivity index (χ0) is 25.6. The Hall–Kier alpha value is -2.56. The van der Waals surface area contributed by atoms with Gasteiger partial charge in [-0.2, -0.15) is 4.31 Å². The number of benzene rings is 3. The average molecular weight is 625 g/mol. The van der Waals surface area contributed by atoms with Gasteiger partial charge in [0.05, 0.1) is 23.2 Å². The molecule has 1 aromatic heterocycles. The number of hydrogen-bond donors (Lipinski definition) is 0. The highest BCUT2D eigenvalue weighted by Crippen LogP contribution is 2.41. The number of rotatable bonds is 4.